The fourth-order valence-electron chi connectivity index (χ4n) is 2.95. The van der Waals surface area contributed by atoms with Gasteiger partial charge in [-0.05, 0) is 37.8 Å². The molecule has 1 spiro atoms. The van der Waals surface area contributed by atoms with E-state index < -0.39 is 0 Å². The maximum atomic E-state index is 11.9. The number of esters is 1. The molecule has 1 aliphatic heterocycles. The smallest absolute Gasteiger partial charge is 0.329 e. The van der Waals surface area contributed by atoms with Gasteiger partial charge in [0.05, 0.1) is 0 Å². The highest BCUT2D eigenvalue weighted by Gasteiger charge is 2.48. The van der Waals surface area contributed by atoms with E-state index in [1.54, 1.807) is 0 Å². The van der Waals surface area contributed by atoms with Gasteiger partial charge in [0.2, 0.25) is 0 Å². The third kappa shape index (κ3) is 2.02. The molecule has 3 heteroatoms. The second kappa shape index (κ2) is 4.06. The molecule has 1 saturated carbocycles. The van der Waals surface area contributed by atoms with Crippen LogP contribution in [0.25, 0.3) is 0 Å². The predicted octanol–water partition coefficient (Wildman–Crippen LogP) is 2.73. The molecule has 90 valence electrons. The molecule has 0 radical (unpaired) electrons. The van der Waals surface area contributed by atoms with Gasteiger partial charge in [-0.2, -0.15) is 0 Å². The van der Waals surface area contributed by atoms with E-state index in [1.807, 2.05) is 30.3 Å². The summed E-state index contributed by atoms with van der Waals surface area (Å²) in [7, 11) is 0. The fraction of sp³-hybridized carbons (Fsp3) is 0.500. The van der Waals surface area contributed by atoms with Gasteiger partial charge in [-0.3, -0.25) is 0 Å². The van der Waals surface area contributed by atoms with Gasteiger partial charge in [0.25, 0.3) is 0 Å². The summed E-state index contributed by atoms with van der Waals surface area (Å²) in [6.07, 6.45) is 5.26. The number of hydrogen-bond acceptors (Lipinski definition) is 3. The highest BCUT2D eigenvalue weighted by atomic mass is 16.6. The molecule has 3 nitrogen and oxygen atoms in total. The Hall–Kier alpha value is -1.51. The summed E-state index contributed by atoms with van der Waals surface area (Å²) < 4.78 is 5.59. The van der Waals surface area contributed by atoms with E-state index in [1.165, 1.54) is 12.8 Å². The molecule has 1 aromatic carbocycles. The standard InChI is InChI=1S/C14H17NO2/c16-13-12(15-11-6-2-1-3-7-11)10-14(17-13)8-4-5-9-14/h1-3,6-7,12,15H,4-5,8-10H2. The Kier molecular flexibility index (Phi) is 2.54. The zero-order valence-corrected chi connectivity index (χ0v) is 9.82. The number of rotatable bonds is 2. The Morgan fingerprint density at radius 3 is 2.59 bits per heavy atom. The number of anilines is 1. The van der Waals surface area contributed by atoms with Crippen molar-refractivity contribution in [1.29, 1.82) is 0 Å². The molecule has 1 saturated heterocycles. The van der Waals surface area contributed by atoms with Gasteiger partial charge in [-0.1, -0.05) is 18.2 Å². The predicted molar refractivity (Wildman–Crippen MR) is 65.8 cm³/mol. The lowest BCUT2D eigenvalue weighted by Crippen LogP contribution is -2.25. The number of benzene rings is 1. The van der Waals surface area contributed by atoms with Gasteiger partial charge in [-0.25, -0.2) is 4.79 Å². The maximum Gasteiger partial charge on any atom is 0.329 e. The average molecular weight is 231 g/mol. The highest BCUT2D eigenvalue weighted by molar-refractivity contribution is 5.82. The summed E-state index contributed by atoms with van der Waals surface area (Å²) in [6, 6.07) is 9.69. The van der Waals surface area contributed by atoms with Crippen LogP contribution in [0.2, 0.25) is 0 Å². The molecular weight excluding hydrogens is 214 g/mol. The minimum absolute atomic E-state index is 0.0873. The molecular formula is C14H17NO2. The van der Waals surface area contributed by atoms with Crippen molar-refractivity contribution in [1.82, 2.24) is 0 Å². The zero-order valence-electron chi connectivity index (χ0n) is 9.82. The van der Waals surface area contributed by atoms with Crippen molar-refractivity contribution in [2.75, 3.05) is 5.32 Å². The molecule has 17 heavy (non-hydrogen) atoms. The first-order valence-electron chi connectivity index (χ1n) is 6.32. The first-order chi connectivity index (χ1) is 8.27. The van der Waals surface area contributed by atoms with E-state index in [0.29, 0.717) is 0 Å². The van der Waals surface area contributed by atoms with E-state index in [2.05, 4.69) is 5.32 Å². The number of carbonyl (C=O) groups is 1. The molecule has 2 aliphatic rings. The highest BCUT2D eigenvalue weighted by Crippen LogP contribution is 2.42. The van der Waals surface area contributed by atoms with Crippen molar-refractivity contribution >= 4 is 11.7 Å². The Balaban J connectivity index is 1.71. The van der Waals surface area contributed by atoms with Crippen LogP contribution in [-0.4, -0.2) is 17.6 Å². The van der Waals surface area contributed by atoms with Crippen LogP contribution < -0.4 is 5.32 Å². The number of hydrogen-bond donors (Lipinski definition) is 1. The first-order valence-corrected chi connectivity index (χ1v) is 6.32. The SMILES string of the molecule is O=C1OC2(CCCC2)CC1Nc1ccccc1. The van der Waals surface area contributed by atoms with Crippen LogP contribution >= 0.6 is 0 Å². The molecule has 2 fully saturated rings. The van der Waals surface area contributed by atoms with Crippen LogP contribution in [0, 0.1) is 0 Å². The first kappa shape index (κ1) is 10.6. The lowest BCUT2D eigenvalue weighted by Gasteiger charge is -2.20. The van der Waals surface area contributed by atoms with E-state index in [9.17, 15) is 4.79 Å². The van der Waals surface area contributed by atoms with Crippen LogP contribution in [0.5, 0.6) is 0 Å². The van der Waals surface area contributed by atoms with Crippen LogP contribution in [0.3, 0.4) is 0 Å². The van der Waals surface area contributed by atoms with Crippen molar-refractivity contribution in [3.63, 3.8) is 0 Å². The third-order valence-electron chi connectivity index (χ3n) is 3.81. The Morgan fingerprint density at radius 2 is 1.88 bits per heavy atom. The van der Waals surface area contributed by atoms with E-state index >= 15 is 0 Å². The summed E-state index contributed by atoms with van der Waals surface area (Å²) in [5.41, 5.74) is 0.841. The second-order valence-corrected chi connectivity index (χ2v) is 5.08. The van der Waals surface area contributed by atoms with E-state index in [-0.39, 0.29) is 17.6 Å². The Morgan fingerprint density at radius 1 is 1.18 bits per heavy atom. The number of ether oxygens (including phenoxy) is 1. The van der Waals surface area contributed by atoms with Crippen LogP contribution in [-0.2, 0) is 9.53 Å². The number of carbonyl (C=O) groups excluding carboxylic acids is 1. The van der Waals surface area contributed by atoms with Gasteiger partial charge in [0, 0.05) is 12.1 Å². The monoisotopic (exact) mass is 231 g/mol. The quantitative estimate of drug-likeness (QED) is 0.795. The fourth-order valence-corrected chi connectivity index (χ4v) is 2.95. The van der Waals surface area contributed by atoms with Crippen molar-refractivity contribution < 1.29 is 9.53 Å². The largest absolute Gasteiger partial charge is 0.457 e. The molecule has 1 aromatic rings. The second-order valence-electron chi connectivity index (χ2n) is 5.08. The van der Waals surface area contributed by atoms with Crippen molar-refractivity contribution in [3.05, 3.63) is 30.3 Å². The molecule has 3 rings (SSSR count). The number of nitrogens with one attached hydrogen (secondary N) is 1. The number of para-hydroxylation sites is 1. The minimum Gasteiger partial charge on any atom is -0.457 e. The lowest BCUT2D eigenvalue weighted by molar-refractivity contribution is -0.148. The normalized spacial score (nSPS) is 26.1. The van der Waals surface area contributed by atoms with Crippen molar-refractivity contribution in [2.45, 2.75) is 43.7 Å². The molecule has 0 aromatic heterocycles. The van der Waals surface area contributed by atoms with E-state index in [0.717, 1.165) is 24.9 Å². The van der Waals surface area contributed by atoms with E-state index in [4.69, 9.17) is 4.74 Å². The summed E-state index contributed by atoms with van der Waals surface area (Å²) in [6.45, 7) is 0. The van der Waals surface area contributed by atoms with Gasteiger partial charge < -0.3 is 10.1 Å². The molecule has 0 bridgehead atoms. The summed E-state index contributed by atoms with van der Waals surface area (Å²) in [4.78, 5) is 11.9. The lowest BCUT2D eigenvalue weighted by atomic mass is 9.96. The molecule has 1 N–H and O–H groups in total. The van der Waals surface area contributed by atoms with Crippen molar-refractivity contribution in [3.8, 4) is 0 Å². The zero-order chi connectivity index (χ0) is 11.7. The Labute approximate surface area is 101 Å². The third-order valence-corrected chi connectivity index (χ3v) is 3.81. The van der Waals surface area contributed by atoms with Gasteiger partial charge in [0.15, 0.2) is 0 Å². The minimum atomic E-state index is -0.171. The van der Waals surface area contributed by atoms with Crippen LogP contribution in [0.4, 0.5) is 5.69 Å². The molecule has 1 aliphatic carbocycles. The summed E-state index contributed by atoms with van der Waals surface area (Å²) in [5, 5.41) is 3.27. The topological polar surface area (TPSA) is 38.3 Å². The van der Waals surface area contributed by atoms with Crippen LogP contribution in [0.15, 0.2) is 30.3 Å². The molecule has 1 unspecified atom stereocenters. The van der Waals surface area contributed by atoms with Gasteiger partial charge in [-0.15, -0.1) is 0 Å². The van der Waals surface area contributed by atoms with Gasteiger partial charge >= 0.3 is 5.97 Å². The average Bonchev–Trinajstić information content (AvgIpc) is 2.89. The Bertz CT molecular complexity index is 409. The van der Waals surface area contributed by atoms with Crippen molar-refractivity contribution in [2.24, 2.45) is 0 Å². The van der Waals surface area contributed by atoms with Gasteiger partial charge in [0.1, 0.15) is 11.6 Å². The molecule has 1 heterocycles. The maximum absolute atomic E-state index is 11.9. The summed E-state index contributed by atoms with van der Waals surface area (Å²) in [5.74, 6) is -0.0873. The van der Waals surface area contributed by atoms with Crippen LogP contribution in [0.1, 0.15) is 32.1 Å². The molecule has 0 amide bonds. The summed E-state index contributed by atoms with van der Waals surface area (Å²) >= 11 is 0. The molecule has 1 atom stereocenters.